The minimum atomic E-state index is -0.953. The maximum Gasteiger partial charge on any atom is 0.335 e. The van der Waals surface area contributed by atoms with E-state index in [0.717, 1.165) is 28.3 Å². The molecule has 32 heavy (non-hydrogen) atoms. The van der Waals surface area contributed by atoms with Gasteiger partial charge in [0.1, 0.15) is 0 Å². The molecule has 0 spiro atoms. The lowest BCUT2D eigenvalue weighted by Crippen LogP contribution is -2.31. The number of benzene rings is 1. The Balaban J connectivity index is 1.82. The number of carboxylic acid groups (broad SMARTS) is 1. The lowest BCUT2D eigenvalue weighted by Gasteiger charge is -2.28. The van der Waals surface area contributed by atoms with Crippen LogP contribution in [0.4, 0.5) is 0 Å². The summed E-state index contributed by atoms with van der Waals surface area (Å²) in [4.78, 5) is 18.2. The van der Waals surface area contributed by atoms with Crippen LogP contribution in [0.3, 0.4) is 0 Å². The van der Waals surface area contributed by atoms with Crippen molar-refractivity contribution in [2.75, 3.05) is 13.2 Å². The van der Waals surface area contributed by atoms with Crippen LogP contribution in [0.2, 0.25) is 0 Å². The highest BCUT2D eigenvalue weighted by molar-refractivity contribution is 7.80. The van der Waals surface area contributed by atoms with Crippen molar-refractivity contribution < 1.29 is 15.0 Å². The molecule has 0 bridgehead atoms. The van der Waals surface area contributed by atoms with E-state index in [-0.39, 0.29) is 24.3 Å². The first kappa shape index (κ1) is 22.0. The topological polar surface area (TPSA) is 90.6 Å². The maximum absolute atomic E-state index is 11.5. The van der Waals surface area contributed by atoms with Crippen LogP contribution in [0.5, 0.6) is 0 Å². The van der Waals surface area contributed by atoms with E-state index >= 15 is 0 Å². The number of aliphatic hydroxyl groups is 1. The number of hydrogen-bond donors (Lipinski definition) is 3. The molecule has 166 valence electrons. The lowest BCUT2D eigenvalue weighted by atomic mass is 9.96. The third-order valence-electron chi connectivity index (χ3n) is 5.90. The fourth-order valence-corrected chi connectivity index (χ4v) is 4.82. The second-order valence-electron chi connectivity index (χ2n) is 7.91. The number of rotatable bonds is 7. The van der Waals surface area contributed by atoms with Crippen molar-refractivity contribution >= 4 is 23.3 Å². The van der Waals surface area contributed by atoms with Crippen LogP contribution in [-0.2, 0) is 0 Å². The summed E-state index contributed by atoms with van der Waals surface area (Å²) in [5.74, 6) is -0.953. The van der Waals surface area contributed by atoms with Crippen LogP contribution in [0.1, 0.15) is 51.5 Å². The number of carbonyl (C=O) groups is 1. The molecule has 0 saturated carbocycles. The van der Waals surface area contributed by atoms with Crippen molar-refractivity contribution in [2.45, 2.75) is 32.4 Å². The highest BCUT2D eigenvalue weighted by Gasteiger charge is 2.41. The van der Waals surface area contributed by atoms with E-state index in [1.807, 2.05) is 38.1 Å². The van der Waals surface area contributed by atoms with E-state index in [4.69, 9.17) is 12.2 Å². The number of aliphatic hydroxyl groups excluding tert-OH is 1. The van der Waals surface area contributed by atoms with Crippen molar-refractivity contribution in [1.82, 2.24) is 19.8 Å². The van der Waals surface area contributed by atoms with Crippen LogP contribution in [0.25, 0.3) is 5.69 Å². The monoisotopic (exact) mass is 450 g/mol. The molecule has 2 aromatic heterocycles. The van der Waals surface area contributed by atoms with E-state index < -0.39 is 5.97 Å². The zero-order chi connectivity index (χ0) is 22.8. The fraction of sp³-hybridized carbons (Fsp3) is 0.292. The van der Waals surface area contributed by atoms with Crippen LogP contribution in [0.15, 0.2) is 54.7 Å². The number of carboxylic acids is 1. The number of aromatic nitrogens is 2. The molecule has 0 radical (unpaired) electrons. The molecule has 8 heteroatoms. The Kier molecular flexibility index (Phi) is 6.25. The van der Waals surface area contributed by atoms with E-state index in [1.165, 1.54) is 0 Å². The summed E-state index contributed by atoms with van der Waals surface area (Å²) in [7, 11) is 0. The summed E-state index contributed by atoms with van der Waals surface area (Å²) in [5.41, 5.74) is 5.04. The van der Waals surface area contributed by atoms with Gasteiger partial charge in [-0.3, -0.25) is 4.98 Å². The summed E-state index contributed by atoms with van der Waals surface area (Å²) in [6, 6.07) is 14.7. The van der Waals surface area contributed by atoms with Gasteiger partial charge in [0.05, 0.1) is 23.3 Å². The smallest absolute Gasteiger partial charge is 0.335 e. The van der Waals surface area contributed by atoms with E-state index in [9.17, 15) is 15.0 Å². The normalized spacial score (nSPS) is 18.1. The molecule has 1 fully saturated rings. The van der Waals surface area contributed by atoms with E-state index in [0.29, 0.717) is 18.1 Å². The van der Waals surface area contributed by atoms with Gasteiger partial charge in [-0.15, -0.1) is 0 Å². The minimum absolute atomic E-state index is 0.0844. The number of aryl methyl sites for hydroxylation is 1. The molecular weight excluding hydrogens is 424 g/mol. The van der Waals surface area contributed by atoms with Gasteiger partial charge in [0, 0.05) is 36.4 Å². The fourth-order valence-electron chi connectivity index (χ4n) is 4.49. The highest BCUT2D eigenvalue weighted by Crippen LogP contribution is 2.41. The summed E-state index contributed by atoms with van der Waals surface area (Å²) >= 11 is 5.66. The Morgan fingerprint density at radius 1 is 1.19 bits per heavy atom. The van der Waals surface area contributed by atoms with Gasteiger partial charge in [0.15, 0.2) is 5.11 Å². The summed E-state index contributed by atoms with van der Waals surface area (Å²) in [6.07, 6.45) is 2.38. The zero-order valence-electron chi connectivity index (χ0n) is 18.0. The number of nitrogens with zero attached hydrogens (tertiary/aromatic N) is 3. The molecule has 3 N–H and O–H groups in total. The molecule has 0 unspecified atom stereocenters. The second kappa shape index (κ2) is 9.10. The maximum atomic E-state index is 11.5. The number of hydrogen-bond acceptors (Lipinski definition) is 4. The molecule has 1 aliphatic heterocycles. The molecule has 2 atom stereocenters. The van der Waals surface area contributed by atoms with Crippen LogP contribution < -0.4 is 5.32 Å². The van der Waals surface area contributed by atoms with Gasteiger partial charge in [-0.2, -0.15) is 0 Å². The molecule has 0 aliphatic carbocycles. The van der Waals surface area contributed by atoms with Crippen LogP contribution in [0, 0.1) is 13.8 Å². The molecule has 7 nitrogen and oxygen atoms in total. The van der Waals surface area contributed by atoms with Gasteiger partial charge in [-0.25, -0.2) is 4.79 Å². The average Bonchev–Trinajstić information content (AvgIpc) is 3.27. The summed E-state index contributed by atoms with van der Waals surface area (Å²) in [6.45, 7) is 4.75. The predicted octanol–water partition coefficient (Wildman–Crippen LogP) is 3.54. The third kappa shape index (κ3) is 3.99. The SMILES string of the molecule is Cc1cc([C@H]2[C@H](c3ccccn3)NC(=S)N2CCCO)c(C)n1-c1cccc(C(=O)O)c1. The highest BCUT2D eigenvalue weighted by atomic mass is 32.1. The largest absolute Gasteiger partial charge is 0.478 e. The molecule has 1 aromatic carbocycles. The Hall–Kier alpha value is -3.23. The first-order valence-electron chi connectivity index (χ1n) is 10.5. The van der Waals surface area contributed by atoms with Crippen molar-refractivity contribution in [3.63, 3.8) is 0 Å². The molecule has 4 rings (SSSR count). The van der Waals surface area contributed by atoms with Gasteiger partial charge in [-0.05, 0) is 74.4 Å². The van der Waals surface area contributed by atoms with Crippen molar-refractivity contribution in [1.29, 1.82) is 0 Å². The first-order chi connectivity index (χ1) is 15.4. The number of aromatic carboxylic acids is 1. The van der Waals surface area contributed by atoms with Gasteiger partial charge in [0.2, 0.25) is 0 Å². The van der Waals surface area contributed by atoms with Gasteiger partial charge in [0.25, 0.3) is 0 Å². The average molecular weight is 451 g/mol. The Bertz CT molecular complexity index is 1150. The Morgan fingerprint density at radius 3 is 2.69 bits per heavy atom. The molecule has 3 aromatic rings. The Morgan fingerprint density at radius 2 is 2.00 bits per heavy atom. The summed E-state index contributed by atoms with van der Waals surface area (Å²) < 4.78 is 2.07. The standard InChI is InChI=1S/C24H26N4O3S/c1-15-13-19(16(2)28(15)18-8-5-7-17(14-18)23(30)31)22-21(20-9-3-4-10-25-20)26-24(32)27(22)11-6-12-29/h3-5,7-10,13-14,21-22,29H,6,11-12H2,1-2H3,(H,26,32)(H,30,31)/t21-,22-/m0/s1. The molecule has 0 amide bonds. The van der Waals surface area contributed by atoms with Gasteiger partial charge >= 0.3 is 5.97 Å². The predicted molar refractivity (Wildman–Crippen MR) is 126 cm³/mol. The molecular formula is C24H26N4O3S. The first-order valence-corrected chi connectivity index (χ1v) is 10.9. The van der Waals surface area contributed by atoms with Crippen LogP contribution in [-0.4, -0.2) is 48.9 Å². The number of nitrogens with one attached hydrogen (secondary N) is 1. The van der Waals surface area contributed by atoms with E-state index in [2.05, 4.69) is 25.8 Å². The number of thiocarbonyl (C=S) groups is 1. The quantitative estimate of drug-likeness (QED) is 0.474. The molecule has 3 heterocycles. The number of pyridine rings is 1. The van der Waals surface area contributed by atoms with Crippen molar-refractivity contribution in [2.24, 2.45) is 0 Å². The Labute approximate surface area is 192 Å². The van der Waals surface area contributed by atoms with E-state index in [1.54, 1.807) is 24.4 Å². The molecule has 1 saturated heterocycles. The third-order valence-corrected chi connectivity index (χ3v) is 6.25. The zero-order valence-corrected chi connectivity index (χ0v) is 18.8. The van der Waals surface area contributed by atoms with Gasteiger partial charge < -0.3 is 25.0 Å². The molecule has 1 aliphatic rings. The van der Waals surface area contributed by atoms with Crippen LogP contribution >= 0.6 is 12.2 Å². The lowest BCUT2D eigenvalue weighted by molar-refractivity contribution is 0.0697. The summed E-state index contributed by atoms with van der Waals surface area (Å²) in [5, 5.41) is 22.9. The van der Waals surface area contributed by atoms with Crippen molar-refractivity contribution in [3.05, 3.63) is 82.9 Å². The second-order valence-corrected chi connectivity index (χ2v) is 8.30. The van der Waals surface area contributed by atoms with Crippen molar-refractivity contribution in [3.8, 4) is 5.69 Å². The van der Waals surface area contributed by atoms with Gasteiger partial charge in [-0.1, -0.05) is 12.1 Å². The minimum Gasteiger partial charge on any atom is -0.478 e.